The van der Waals surface area contributed by atoms with Gasteiger partial charge in [-0.05, 0) is 109 Å². The molecular weight excluding hydrogens is 1220 g/mol. The molecule has 1 spiro atoms. The van der Waals surface area contributed by atoms with Crippen molar-refractivity contribution >= 4 is 30.1 Å². The average molecular weight is 1310 g/mol. The molecule has 1 amide bonds. The minimum absolute atomic E-state index is 0.00196. The minimum atomic E-state index is -2.20. The zero-order chi connectivity index (χ0) is 67.5. The molecule has 26 nitrogen and oxygen atoms in total. The molecule has 29 atom stereocenters. The Morgan fingerprint density at radius 1 is 0.720 bits per heavy atom. The predicted octanol–water partition coefficient (Wildman–Crippen LogP) is 6.36. The lowest BCUT2D eigenvalue weighted by molar-refractivity contribution is -0.584. The van der Waals surface area contributed by atoms with Crippen LogP contribution < -0.4 is 5.32 Å². The van der Waals surface area contributed by atoms with Crippen LogP contribution in [-0.2, 0) is 80.8 Å². The number of ether oxygens (including phenoxy) is 13. The number of carbonyl (C=O) groups excluding carboxylic acids is 5. The number of methoxy groups -OCH3 is 1. The summed E-state index contributed by atoms with van der Waals surface area (Å²) in [5, 5.41) is 62.0. The highest BCUT2D eigenvalue weighted by molar-refractivity contribution is 6.26. The Kier molecular flexibility index (Phi) is 21.4. The summed E-state index contributed by atoms with van der Waals surface area (Å²) < 4.78 is 81.5. The Morgan fingerprint density at radius 3 is 2.01 bits per heavy atom. The number of carbonyl (C=O) groups is 5. The molecule has 26 heteroatoms. The van der Waals surface area contributed by atoms with Gasteiger partial charge in [-0.25, -0.2) is 9.59 Å². The number of nitrogens with one attached hydrogen (secondary N) is 1. The molecule has 0 aromatic rings. The van der Waals surface area contributed by atoms with Gasteiger partial charge in [0.25, 0.3) is 0 Å². The van der Waals surface area contributed by atoms with Crippen molar-refractivity contribution in [3.8, 4) is 0 Å². The summed E-state index contributed by atoms with van der Waals surface area (Å²) in [6, 6.07) is -1.12. The van der Waals surface area contributed by atoms with E-state index in [4.69, 9.17) is 61.6 Å². The number of aliphatic hydroxyl groups is 4. The van der Waals surface area contributed by atoms with Crippen molar-refractivity contribution in [1.82, 2.24) is 5.32 Å². The fraction of sp³-hybridized carbons (Fsp3) is 0.776. The van der Waals surface area contributed by atoms with E-state index >= 15 is 4.79 Å². The number of hydrogen-bond donors (Lipinski definition) is 5. The second-order valence-electron chi connectivity index (χ2n) is 28.2. The molecule has 0 aromatic heterocycles. The monoisotopic (exact) mass is 1310 g/mol. The molecule has 1 saturated carbocycles. The summed E-state index contributed by atoms with van der Waals surface area (Å²) >= 11 is 0. The molecule has 10 rings (SSSR count). The van der Waals surface area contributed by atoms with E-state index in [9.17, 15) is 49.7 Å². The van der Waals surface area contributed by atoms with Crippen LogP contribution in [0.3, 0.4) is 0 Å². The number of Topliss-reactive ketones (excluding diaryl/α,β-unsaturated/α-hetero) is 1. The summed E-state index contributed by atoms with van der Waals surface area (Å²) in [7, 11) is 1.15. The van der Waals surface area contributed by atoms with Crippen LogP contribution in [-0.4, -0.2) is 197 Å². The van der Waals surface area contributed by atoms with E-state index in [0.717, 1.165) is 7.11 Å². The van der Waals surface area contributed by atoms with Crippen molar-refractivity contribution in [1.29, 1.82) is 0 Å². The first-order chi connectivity index (χ1) is 43.9. The Hall–Kier alpha value is -5.07. The standard InChI is InChI=1S/C67H96N2O24/c1-30-14-18-47(88-54-28-65(11,69(79)80)60(38(9)86-54)68-64(78)81-13)31(2)23-43-45(73)24-40(29-70)27-67(43)62(76)55(63(77)93-67)61(75)66(12)42(30)16-15-41-56(66)32(3)22-33(4)57(41)92-53-26-49(59(37(8)85-53)87-39(10)71)90-50-21-19-48(35(6)83-50)89-52-25-46(74)58(36(7)84-52)91-51-20-17-44(72)34(5)82-51/h14-16,23-24,29,32-38,41-54,56-60,72-75H,17-22,25-28H2,1-13H3,(H,68,78)/b30-14-,31-23-,61-55?. The third kappa shape index (κ3) is 14.0. The highest BCUT2D eigenvalue weighted by Gasteiger charge is 2.65. The Balaban J connectivity index is 0.904. The highest BCUT2D eigenvalue weighted by Crippen LogP contribution is 2.61. The molecule has 10 aliphatic rings. The minimum Gasteiger partial charge on any atom is -0.511 e. The lowest BCUT2D eigenvalue weighted by Gasteiger charge is -2.56. The maximum Gasteiger partial charge on any atom is 0.407 e. The van der Waals surface area contributed by atoms with Gasteiger partial charge in [-0.2, -0.15) is 0 Å². The first kappa shape index (κ1) is 70.7. The van der Waals surface area contributed by atoms with Crippen molar-refractivity contribution in [3.63, 3.8) is 0 Å². The van der Waals surface area contributed by atoms with Gasteiger partial charge in [0.05, 0.1) is 86.6 Å². The van der Waals surface area contributed by atoms with E-state index in [-0.39, 0.29) is 43.1 Å². The van der Waals surface area contributed by atoms with Crippen LogP contribution in [0.5, 0.6) is 0 Å². The van der Waals surface area contributed by atoms with E-state index < -0.39 is 210 Å². The van der Waals surface area contributed by atoms with Gasteiger partial charge in [0.2, 0.25) is 11.3 Å². The predicted molar refractivity (Wildman–Crippen MR) is 325 cm³/mol. The van der Waals surface area contributed by atoms with Gasteiger partial charge in [0, 0.05) is 68.1 Å². The summed E-state index contributed by atoms with van der Waals surface area (Å²) in [5.41, 5.74) is -4.91. The molecular formula is C67H96N2O24. The zero-order valence-electron chi connectivity index (χ0n) is 55.4. The maximum atomic E-state index is 15.6. The number of hydrogen-bond acceptors (Lipinski definition) is 24. The number of nitro groups is 1. The maximum absolute atomic E-state index is 15.6. The Labute approximate surface area is 542 Å². The van der Waals surface area contributed by atoms with Crippen molar-refractivity contribution in [2.45, 2.75) is 281 Å². The fourth-order valence-corrected chi connectivity index (χ4v) is 16.9. The smallest absolute Gasteiger partial charge is 0.407 e. The van der Waals surface area contributed by atoms with Crippen molar-refractivity contribution < 1.29 is 111 Å². The summed E-state index contributed by atoms with van der Waals surface area (Å²) in [5.74, 6) is -6.46. The Morgan fingerprint density at radius 2 is 1.35 bits per heavy atom. The van der Waals surface area contributed by atoms with Gasteiger partial charge < -0.3 is 87.3 Å². The summed E-state index contributed by atoms with van der Waals surface area (Å²) in [4.78, 5) is 80.4. The topological polar surface area (TPSA) is 341 Å². The number of aldehydes is 1. The second-order valence-corrected chi connectivity index (χ2v) is 28.2. The largest absolute Gasteiger partial charge is 0.511 e. The van der Waals surface area contributed by atoms with Crippen molar-refractivity contribution in [3.05, 3.63) is 68.5 Å². The van der Waals surface area contributed by atoms with E-state index in [1.165, 1.54) is 19.9 Å². The quantitative estimate of drug-likeness (QED) is 0.0240. The zero-order valence-corrected chi connectivity index (χ0v) is 55.4. The lowest BCUT2D eigenvalue weighted by atomic mass is 9.49. The average Bonchev–Trinajstić information content (AvgIpc) is 1.68. The third-order valence-corrected chi connectivity index (χ3v) is 21.7. The van der Waals surface area contributed by atoms with Gasteiger partial charge in [0.15, 0.2) is 43.2 Å². The number of nitrogens with zero attached hydrogens (tertiary/aromatic N) is 1. The van der Waals surface area contributed by atoms with Gasteiger partial charge >= 0.3 is 18.0 Å². The molecule has 29 unspecified atom stereocenters. The molecule has 6 aliphatic heterocycles. The first-order valence-electron chi connectivity index (χ1n) is 33.1. The summed E-state index contributed by atoms with van der Waals surface area (Å²) in [6.07, 6.45) is -4.21. The number of fused-ring (bicyclic) bond motifs is 4. The van der Waals surface area contributed by atoms with Gasteiger partial charge in [-0.1, -0.05) is 50.6 Å². The van der Waals surface area contributed by atoms with E-state index in [1.807, 2.05) is 39.8 Å². The van der Waals surface area contributed by atoms with Crippen LogP contribution in [0.25, 0.3) is 0 Å². The van der Waals surface area contributed by atoms with Gasteiger partial charge in [-0.15, -0.1) is 0 Å². The van der Waals surface area contributed by atoms with Crippen LogP contribution in [0.2, 0.25) is 0 Å². The van der Waals surface area contributed by atoms with E-state index in [2.05, 4.69) is 25.2 Å². The third-order valence-electron chi connectivity index (χ3n) is 21.7. The molecule has 518 valence electrons. The first-order valence-corrected chi connectivity index (χ1v) is 33.1. The number of allylic oxidation sites excluding steroid dienone is 3. The number of ketones is 1. The number of esters is 2. The van der Waals surface area contributed by atoms with Crippen LogP contribution in [0.4, 0.5) is 4.79 Å². The molecule has 7 fully saturated rings. The molecule has 6 saturated heterocycles. The number of amides is 1. The molecule has 5 N–H and O–H groups in total. The molecule has 0 radical (unpaired) electrons. The molecule has 2 bridgehead atoms. The number of aliphatic hydroxyl groups excluding tert-OH is 4. The van der Waals surface area contributed by atoms with Gasteiger partial charge in [0.1, 0.15) is 35.9 Å². The molecule has 4 aliphatic carbocycles. The van der Waals surface area contributed by atoms with Crippen LogP contribution in [0.15, 0.2) is 58.4 Å². The van der Waals surface area contributed by atoms with Crippen LogP contribution >= 0.6 is 0 Å². The fourth-order valence-electron chi connectivity index (χ4n) is 16.9. The SMILES string of the molecule is COC(=O)NC1C(C)OC(OC2C/C=C(/C)C3C=CC4C(OC5CC(OC6CCC(OC7CC(O)C(OC8CCC(O)C(C)O8)C(C)O7)C(C)O6)C(OC(C)=O)C(C)O5)C(C)CC(C)C4C3(C)C(O)=C3C(=O)OC4(CC(C=O)=CC(O)C4/C=C\2C)C3=O)CC1(C)[N+](=O)[O-]. The lowest BCUT2D eigenvalue weighted by Crippen LogP contribution is -2.65. The molecule has 0 aromatic carbocycles. The highest BCUT2D eigenvalue weighted by atomic mass is 16.8. The van der Waals surface area contributed by atoms with E-state index in [1.54, 1.807) is 33.8 Å². The number of rotatable bonds is 14. The normalized spacial score (nSPS) is 47.4. The van der Waals surface area contributed by atoms with Crippen LogP contribution in [0, 0.1) is 51.0 Å². The Bertz CT molecular complexity index is 2960. The van der Waals surface area contributed by atoms with Crippen molar-refractivity contribution in [2.24, 2.45) is 40.9 Å². The summed E-state index contributed by atoms with van der Waals surface area (Å²) in [6.45, 7) is 21.0. The van der Waals surface area contributed by atoms with Crippen molar-refractivity contribution in [2.75, 3.05) is 7.11 Å². The van der Waals surface area contributed by atoms with Crippen LogP contribution in [0.1, 0.15) is 147 Å². The number of alkyl carbamates (subject to hydrolysis) is 1. The molecule has 6 heterocycles. The van der Waals surface area contributed by atoms with E-state index in [0.29, 0.717) is 49.5 Å². The second kappa shape index (κ2) is 28.2. The molecule has 93 heavy (non-hydrogen) atoms. The van der Waals surface area contributed by atoms with Gasteiger partial charge in [-0.3, -0.25) is 24.5 Å².